The molecule has 2 amide bonds. The minimum Gasteiger partial charge on any atom is -0.354 e. The summed E-state index contributed by atoms with van der Waals surface area (Å²) in [7, 11) is 1.42. The molecule has 0 aromatic heterocycles. The first-order chi connectivity index (χ1) is 8.93. The number of carbonyl (C=O) groups excluding carboxylic acids is 2. The number of nitro benzene ring substituents is 1. The van der Waals surface area contributed by atoms with Crippen LogP contribution in [0.4, 0.5) is 5.69 Å². The van der Waals surface area contributed by atoms with Gasteiger partial charge in [-0.1, -0.05) is 12.1 Å². The molecule has 2 N–H and O–H groups in total. The first kappa shape index (κ1) is 14.4. The number of nitrogens with one attached hydrogen (secondary N) is 2. The standard InChI is InChI=1S/C12H13N3O4/c1-8(16)14-11(12(17)13-2)7-9-4-3-5-10(6-9)15(18)19/h3-7H,1-2H3,(H,13,17)(H,14,16)/b11-7-. The molecule has 1 rings (SSSR count). The number of carbonyl (C=O) groups is 2. The summed E-state index contributed by atoms with van der Waals surface area (Å²) < 4.78 is 0. The zero-order valence-electron chi connectivity index (χ0n) is 10.5. The van der Waals surface area contributed by atoms with E-state index in [1.165, 1.54) is 38.2 Å². The van der Waals surface area contributed by atoms with Crippen LogP contribution in [0.25, 0.3) is 6.08 Å². The average Bonchev–Trinajstić information content (AvgIpc) is 2.36. The lowest BCUT2D eigenvalue weighted by atomic mass is 10.1. The minimum atomic E-state index is -0.532. The van der Waals surface area contributed by atoms with Crippen LogP contribution in [0.2, 0.25) is 0 Å². The number of benzene rings is 1. The lowest BCUT2D eigenvalue weighted by molar-refractivity contribution is -0.384. The number of nitro groups is 1. The van der Waals surface area contributed by atoms with Gasteiger partial charge in [-0.15, -0.1) is 0 Å². The molecule has 0 aliphatic carbocycles. The van der Waals surface area contributed by atoms with Crippen LogP contribution < -0.4 is 10.6 Å². The zero-order chi connectivity index (χ0) is 14.4. The molecule has 0 heterocycles. The number of nitrogens with zero attached hydrogens (tertiary/aromatic N) is 1. The van der Waals surface area contributed by atoms with E-state index < -0.39 is 16.7 Å². The minimum absolute atomic E-state index is 0.0236. The molecule has 0 unspecified atom stereocenters. The van der Waals surface area contributed by atoms with Crippen LogP contribution in [0.15, 0.2) is 30.0 Å². The van der Waals surface area contributed by atoms with E-state index >= 15 is 0 Å². The summed E-state index contributed by atoms with van der Waals surface area (Å²) >= 11 is 0. The highest BCUT2D eigenvalue weighted by atomic mass is 16.6. The highest BCUT2D eigenvalue weighted by molar-refractivity contribution is 6.00. The molecule has 100 valence electrons. The van der Waals surface area contributed by atoms with Gasteiger partial charge in [0.1, 0.15) is 5.70 Å². The molecule has 0 fully saturated rings. The molecular formula is C12H13N3O4. The SMILES string of the molecule is CNC(=O)/C(=C/c1cccc([N+](=O)[O-])c1)NC(C)=O. The predicted molar refractivity (Wildman–Crippen MR) is 69.0 cm³/mol. The lowest BCUT2D eigenvalue weighted by Crippen LogP contribution is -2.31. The molecule has 0 saturated heterocycles. The van der Waals surface area contributed by atoms with Gasteiger partial charge in [-0.3, -0.25) is 19.7 Å². The Labute approximate surface area is 109 Å². The second-order valence-corrected chi connectivity index (χ2v) is 3.67. The van der Waals surface area contributed by atoms with Crippen molar-refractivity contribution in [3.8, 4) is 0 Å². The summed E-state index contributed by atoms with van der Waals surface area (Å²) in [5, 5.41) is 15.4. The third-order valence-corrected chi connectivity index (χ3v) is 2.17. The maximum atomic E-state index is 11.5. The van der Waals surface area contributed by atoms with Gasteiger partial charge in [0.15, 0.2) is 0 Å². The Bertz CT molecular complexity index is 552. The molecule has 0 aliphatic heterocycles. The Morgan fingerprint density at radius 2 is 2.05 bits per heavy atom. The summed E-state index contributed by atoms with van der Waals surface area (Å²) in [6, 6.07) is 5.75. The molecule has 7 heteroatoms. The smallest absolute Gasteiger partial charge is 0.270 e. The van der Waals surface area contributed by atoms with Gasteiger partial charge in [0.25, 0.3) is 11.6 Å². The number of hydrogen-bond donors (Lipinski definition) is 2. The molecule has 0 atom stereocenters. The fourth-order valence-electron chi connectivity index (χ4n) is 1.38. The molecule has 7 nitrogen and oxygen atoms in total. The first-order valence-corrected chi connectivity index (χ1v) is 5.40. The lowest BCUT2D eigenvalue weighted by Gasteiger charge is -2.06. The molecule has 0 saturated carbocycles. The summed E-state index contributed by atoms with van der Waals surface area (Å²) in [4.78, 5) is 32.7. The molecule has 19 heavy (non-hydrogen) atoms. The van der Waals surface area contributed by atoms with E-state index in [9.17, 15) is 19.7 Å². The van der Waals surface area contributed by atoms with Crippen molar-refractivity contribution < 1.29 is 14.5 Å². The molecule has 0 aliphatic rings. The van der Waals surface area contributed by atoms with Gasteiger partial charge < -0.3 is 10.6 Å². The second-order valence-electron chi connectivity index (χ2n) is 3.67. The normalized spacial score (nSPS) is 10.7. The van der Waals surface area contributed by atoms with Gasteiger partial charge in [0.2, 0.25) is 5.91 Å². The van der Waals surface area contributed by atoms with Gasteiger partial charge >= 0.3 is 0 Å². The quantitative estimate of drug-likeness (QED) is 0.477. The summed E-state index contributed by atoms with van der Waals surface area (Å²) in [6.45, 7) is 1.27. The second kappa shape index (κ2) is 6.29. The molecule has 0 radical (unpaired) electrons. The van der Waals surface area contributed by atoms with Crippen LogP contribution in [-0.4, -0.2) is 23.8 Å². The topological polar surface area (TPSA) is 101 Å². The molecule has 0 bridgehead atoms. The van der Waals surface area contributed by atoms with E-state index in [1.54, 1.807) is 6.07 Å². The Balaban J connectivity index is 3.13. The fraction of sp³-hybridized carbons (Fsp3) is 0.167. The van der Waals surface area contributed by atoms with Gasteiger partial charge in [0, 0.05) is 26.1 Å². The number of rotatable bonds is 4. The van der Waals surface area contributed by atoms with E-state index in [2.05, 4.69) is 10.6 Å². The molecule has 0 spiro atoms. The Kier molecular flexibility index (Phi) is 4.76. The summed E-state index contributed by atoms with van der Waals surface area (Å²) in [5.41, 5.74) is 0.380. The van der Waals surface area contributed by atoms with Crippen LogP contribution >= 0.6 is 0 Å². The van der Waals surface area contributed by atoms with Crippen LogP contribution in [0.3, 0.4) is 0 Å². The molecular weight excluding hydrogens is 250 g/mol. The average molecular weight is 263 g/mol. The maximum Gasteiger partial charge on any atom is 0.270 e. The number of non-ortho nitro benzene ring substituents is 1. The predicted octanol–water partition coefficient (Wildman–Crippen LogP) is 0.818. The molecule has 1 aromatic carbocycles. The Morgan fingerprint density at radius 3 is 2.58 bits per heavy atom. The zero-order valence-corrected chi connectivity index (χ0v) is 10.5. The van der Waals surface area contributed by atoms with Crippen molar-refractivity contribution in [1.82, 2.24) is 10.6 Å². The van der Waals surface area contributed by atoms with Crippen molar-refractivity contribution in [3.05, 3.63) is 45.6 Å². The third-order valence-electron chi connectivity index (χ3n) is 2.17. The van der Waals surface area contributed by atoms with E-state index in [1.807, 2.05) is 0 Å². The summed E-state index contributed by atoms with van der Waals surface area (Å²) in [5.74, 6) is -0.887. The van der Waals surface area contributed by atoms with E-state index in [0.29, 0.717) is 5.56 Å². The van der Waals surface area contributed by atoms with Crippen molar-refractivity contribution in [1.29, 1.82) is 0 Å². The van der Waals surface area contributed by atoms with Gasteiger partial charge in [0.05, 0.1) is 4.92 Å². The highest BCUT2D eigenvalue weighted by Crippen LogP contribution is 2.15. The molecule has 1 aromatic rings. The van der Waals surface area contributed by atoms with Crippen molar-refractivity contribution >= 4 is 23.6 Å². The Morgan fingerprint density at radius 1 is 1.37 bits per heavy atom. The number of hydrogen-bond acceptors (Lipinski definition) is 4. The van der Waals surface area contributed by atoms with Gasteiger partial charge in [-0.25, -0.2) is 0 Å². The van der Waals surface area contributed by atoms with Crippen molar-refractivity contribution in [2.45, 2.75) is 6.92 Å². The van der Waals surface area contributed by atoms with Crippen LogP contribution in [0.5, 0.6) is 0 Å². The summed E-state index contributed by atoms with van der Waals surface area (Å²) in [6.07, 6.45) is 1.37. The number of amides is 2. The van der Waals surface area contributed by atoms with Crippen molar-refractivity contribution in [3.63, 3.8) is 0 Å². The van der Waals surface area contributed by atoms with Crippen molar-refractivity contribution in [2.24, 2.45) is 0 Å². The largest absolute Gasteiger partial charge is 0.354 e. The van der Waals surface area contributed by atoms with Crippen LogP contribution in [0.1, 0.15) is 12.5 Å². The first-order valence-electron chi connectivity index (χ1n) is 5.40. The van der Waals surface area contributed by atoms with Crippen molar-refractivity contribution in [2.75, 3.05) is 7.05 Å². The van der Waals surface area contributed by atoms with Gasteiger partial charge in [-0.2, -0.15) is 0 Å². The number of likely N-dealkylation sites (N-methyl/N-ethyl adjacent to an activating group) is 1. The Hall–Kier alpha value is -2.70. The monoisotopic (exact) mass is 263 g/mol. The van der Waals surface area contributed by atoms with E-state index in [0.717, 1.165) is 0 Å². The third kappa shape index (κ3) is 4.23. The van der Waals surface area contributed by atoms with Crippen LogP contribution in [0, 0.1) is 10.1 Å². The maximum absolute atomic E-state index is 11.5. The fourth-order valence-corrected chi connectivity index (χ4v) is 1.38. The van der Waals surface area contributed by atoms with E-state index in [4.69, 9.17) is 0 Å². The van der Waals surface area contributed by atoms with E-state index in [-0.39, 0.29) is 11.4 Å². The van der Waals surface area contributed by atoms with Crippen LogP contribution in [-0.2, 0) is 9.59 Å². The van der Waals surface area contributed by atoms with Gasteiger partial charge in [-0.05, 0) is 11.6 Å². The highest BCUT2D eigenvalue weighted by Gasteiger charge is 2.10.